The number of aromatic nitrogens is 2. The first-order valence-electron chi connectivity index (χ1n) is 4.85. The third-order valence-corrected chi connectivity index (χ3v) is 2.17. The van der Waals surface area contributed by atoms with E-state index in [1.807, 2.05) is 30.3 Å². The largest absolute Gasteiger partial charge is 0.396 e. The molecule has 0 saturated heterocycles. The highest BCUT2D eigenvalue weighted by atomic mass is 35.5. The summed E-state index contributed by atoms with van der Waals surface area (Å²) in [6.45, 7) is 0. The molecule has 2 rings (SSSR count). The van der Waals surface area contributed by atoms with Crippen LogP contribution in [-0.4, -0.2) is 22.6 Å². The normalized spacial score (nSPS) is 10.5. The summed E-state index contributed by atoms with van der Waals surface area (Å²) in [5, 5.41) is 4.62. The number of halogens is 1. The minimum absolute atomic E-state index is 0.485. The van der Waals surface area contributed by atoms with Crippen molar-refractivity contribution in [2.24, 2.45) is 0 Å². The molecule has 19 heavy (non-hydrogen) atoms. The Kier molecular flexibility index (Phi) is 5.19. The predicted octanol–water partition coefficient (Wildman–Crippen LogP) is 0.941. The summed E-state index contributed by atoms with van der Waals surface area (Å²) in [5.41, 5.74) is 7.00. The monoisotopic (exact) mass is 304 g/mol. The summed E-state index contributed by atoms with van der Waals surface area (Å²) in [7, 11) is -4.67. The van der Waals surface area contributed by atoms with Crippen LogP contribution in [0.4, 0.5) is 5.69 Å². The molecule has 1 aromatic carbocycles. The van der Waals surface area contributed by atoms with Crippen LogP contribution in [0.15, 0.2) is 42.7 Å². The molecular formula is C10H11ClN3O4S+. The van der Waals surface area contributed by atoms with Crippen LogP contribution in [0, 0.1) is 0 Å². The topological polar surface area (TPSA) is 117 Å². The maximum atomic E-state index is 8.74. The van der Waals surface area contributed by atoms with Gasteiger partial charge in [-0.25, -0.2) is 0 Å². The summed E-state index contributed by atoms with van der Waals surface area (Å²) >= 11 is 5.88. The summed E-state index contributed by atoms with van der Waals surface area (Å²) in [5.74, 6) is 0. The van der Waals surface area contributed by atoms with Gasteiger partial charge >= 0.3 is 10.4 Å². The molecule has 0 unspecified atom stereocenters. The zero-order valence-corrected chi connectivity index (χ0v) is 11.1. The van der Waals surface area contributed by atoms with E-state index in [0.29, 0.717) is 10.7 Å². The Bertz CT molecular complexity index is 641. The number of hydrogen-bond donors (Lipinski definition) is 3. The fraction of sp³-hybridized carbons (Fsp3) is 0. The number of nitrogens with zero attached hydrogens (tertiary/aromatic N) is 2. The third-order valence-electron chi connectivity index (χ3n) is 1.85. The van der Waals surface area contributed by atoms with Gasteiger partial charge in [-0.05, 0) is 0 Å². The molecule has 0 amide bonds. The van der Waals surface area contributed by atoms with Crippen molar-refractivity contribution in [3.63, 3.8) is 0 Å². The van der Waals surface area contributed by atoms with E-state index < -0.39 is 10.4 Å². The van der Waals surface area contributed by atoms with E-state index in [-0.39, 0.29) is 0 Å². The van der Waals surface area contributed by atoms with E-state index in [0.717, 1.165) is 5.69 Å². The lowest BCUT2D eigenvalue weighted by atomic mass is 10.3. The first-order chi connectivity index (χ1) is 8.77. The van der Waals surface area contributed by atoms with Gasteiger partial charge in [-0.15, -0.1) is 0 Å². The average Bonchev–Trinajstić information content (AvgIpc) is 2.32. The fourth-order valence-electron chi connectivity index (χ4n) is 1.12. The molecule has 7 nitrogen and oxygen atoms in total. The van der Waals surface area contributed by atoms with Crippen molar-refractivity contribution >= 4 is 27.7 Å². The molecule has 9 heteroatoms. The Balaban J connectivity index is 0.000000312. The van der Waals surface area contributed by atoms with Gasteiger partial charge in [0.2, 0.25) is 11.9 Å². The predicted molar refractivity (Wildman–Crippen MR) is 69.4 cm³/mol. The second-order valence-electron chi connectivity index (χ2n) is 3.30. The highest BCUT2D eigenvalue weighted by Crippen LogP contribution is 2.13. The molecule has 102 valence electrons. The Labute approximate surface area is 114 Å². The van der Waals surface area contributed by atoms with E-state index in [2.05, 4.69) is 5.10 Å². The van der Waals surface area contributed by atoms with Gasteiger partial charge in [0, 0.05) is 17.2 Å². The van der Waals surface area contributed by atoms with Crippen molar-refractivity contribution in [1.29, 1.82) is 0 Å². The lowest BCUT2D eigenvalue weighted by Crippen LogP contribution is -2.34. The van der Waals surface area contributed by atoms with Gasteiger partial charge in [-0.1, -0.05) is 34.5 Å². The molecule has 0 fully saturated rings. The summed E-state index contributed by atoms with van der Waals surface area (Å²) in [4.78, 5) is 0. The van der Waals surface area contributed by atoms with Crippen LogP contribution in [0.2, 0.25) is 5.02 Å². The maximum Gasteiger partial charge on any atom is 0.394 e. The molecule has 1 aromatic heterocycles. The van der Waals surface area contributed by atoms with Crippen LogP contribution in [0.5, 0.6) is 0 Å². The number of rotatable bonds is 1. The van der Waals surface area contributed by atoms with Crippen LogP contribution < -0.4 is 10.4 Å². The molecule has 0 bridgehead atoms. The van der Waals surface area contributed by atoms with Gasteiger partial charge in [0.1, 0.15) is 11.2 Å². The minimum atomic E-state index is -4.67. The SMILES string of the molecule is Nc1cn[n+](-c2ccccc2)cc1Cl.O=S(=O)(O)O. The van der Waals surface area contributed by atoms with Crippen LogP contribution in [0.25, 0.3) is 5.69 Å². The van der Waals surface area contributed by atoms with Crippen molar-refractivity contribution in [2.45, 2.75) is 0 Å². The van der Waals surface area contributed by atoms with Gasteiger partial charge in [0.15, 0.2) is 0 Å². The molecule has 0 aliphatic carbocycles. The Morgan fingerprint density at radius 1 is 1.21 bits per heavy atom. The van der Waals surface area contributed by atoms with Crippen molar-refractivity contribution < 1.29 is 22.2 Å². The molecule has 0 aliphatic rings. The minimum Gasteiger partial charge on any atom is -0.396 e. The van der Waals surface area contributed by atoms with Gasteiger partial charge in [-0.2, -0.15) is 8.42 Å². The number of benzene rings is 1. The maximum absolute atomic E-state index is 8.74. The average molecular weight is 305 g/mol. The first kappa shape index (κ1) is 15.3. The van der Waals surface area contributed by atoms with Gasteiger partial charge in [0.05, 0.1) is 5.69 Å². The lowest BCUT2D eigenvalue weighted by molar-refractivity contribution is -0.659. The number of hydrogen-bond acceptors (Lipinski definition) is 4. The van der Waals surface area contributed by atoms with Crippen LogP contribution in [-0.2, 0) is 10.4 Å². The molecule has 2 aromatic rings. The van der Waals surface area contributed by atoms with Crippen LogP contribution >= 0.6 is 11.6 Å². The molecule has 0 radical (unpaired) electrons. The lowest BCUT2D eigenvalue weighted by Gasteiger charge is -1.95. The number of para-hydroxylation sites is 1. The van der Waals surface area contributed by atoms with Crippen LogP contribution in [0.3, 0.4) is 0 Å². The quantitative estimate of drug-likeness (QED) is 0.533. The second kappa shape index (κ2) is 6.43. The molecular weight excluding hydrogens is 294 g/mol. The number of anilines is 1. The third kappa shape index (κ3) is 6.11. The molecule has 4 N–H and O–H groups in total. The van der Waals surface area contributed by atoms with Crippen molar-refractivity contribution in [3.05, 3.63) is 47.7 Å². The smallest absolute Gasteiger partial charge is 0.394 e. The Morgan fingerprint density at radius 2 is 1.74 bits per heavy atom. The zero-order valence-electron chi connectivity index (χ0n) is 9.51. The van der Waals surface area contributed by atoms with Gasteiger partial charge in [0.25, 0.3) is 0 Å². The Hall–Kier alpha value is -1.74. The molecule has 0 saturated carbocycles. The highest BCUT2D eigenvalue weighted by Gasteiger charge is 2.09. The first-order valence-corrected chi connectivity index (χ1v) is 6.63. The van der Waals surface area contributed by atoms with E-state index in [1.54, 1.807) is 10.9 Å². The molecule has 1 heterocycles. The zero-order chi connectivity index (χ0) is 14.5. The highest BCUT2D eigenvalue weighted by molar-refractivity contribution is 7.79. The molecule has 0 atom stereocenters. The van der Waals surface area contributed by atoms with E-state index in [9.17, 15) is 0 Å². The molecule has 0 spiro atoms. The number of nitrogen functional groups attached to an aromatic ring is 1. The van der Waals surface area contributed by atoms with E-state index in [1.165, 1.54) is 6.20 Å². The van der Waals surface area contributed by atoms with Crippen molar-refractivity contribution in [2.75, 3.05) is 5.73 Å². The van der Waals surface area contributed by atoms with Gasteiger partial charge in [-0.3, -0.25) is 9.11 Å². The van der Waals surface area contributed by atoms with Crippen LogP contribution in [0.1, 0.15) is 0 Å². The van der Waals surface area contributed by atoms with E-state index >= 15 is 0 Å². The van der Waals surface area contributed by atoms with Crippen molar-refractivity contribution in [3.8, 4) is 5.69 Å². The summed E-state index contributed by atoms with van der Waals surface area (Å²) < 4.78 is 33.3. The van der Waals surface area contributed by atoms with Crippen molar-refractivity contribution in [1.82, 2.24) is 5.10 Å². The van der Waals surface area contributed by atoms with E-state index in [4.69, 9.17) is 34.9 Å². The molecule has 0 aliphatic heterocycles. The number of nitrogens with two attached hydrogens (primary N) is 1. The second-order valence-corrected chi connectivity index (χ2v) is 4.61. The summed E-state index contributed by atoms with van der Waals surface area (Å²) in [6, 6.07) is 9.71. The Morgan fingerprint density at radius 3 is 2.21 bits per heavy atom. The fourth-order valence-corrected chi connectivity index (χ4v) is 1.26. The summed E-state index contributed by atoms with van der Waals surface area (Å²) in [6.07, 6.45) is 3.22. The standard InChI is InChI=1S/C10H8ClN3.H2O4S/c11-9-7-14(13-6-10(9)12)8-4-2-1-3-5-8;1-5(2,3)4/h1-7,12H;(H2,1,2,3,4)/p+1. The van der Waals surface area contributed by atoms with Gasteiger partial charge < -0.3 is 5.73 Å².